The van der Waals surface area contributed by atoms with E-state index < -0.39 is 11.7 Å². The summed E-state index contributed by atoms with van der Waals surface area (Å²) in [5, 5.41) is 0. The monoisotopic (exact) mass is 307 g/mol. The smallest absolute Gasteiger partial charge is 0.120 e. The summed E-state index contributed by atoms with van der Waals surface area (Å²) in [7, 11) is 0. The predicted octanol–water partition coefficient (Wildman–Crippen LogP) is 2.43. The Morgan fingerprint density at radius 2 is 1.83 bits per heavy atom. The molecule has 2 aromatic rings. The minimum absolute atomic E-state index is 0.429. The van der Waals surface area contributed by atoms with Gasteiger partial charge in [0.05, 0.1) is 5.54 Å². The highest BCUT2D eigenvalue weighted by Crippen LogP contribution is 2.22. The third-order valence-corrected chi connectivity index (χ3v) is 3.95. The zero-order valence-electron chi connectivity index (χ0n) is 12.9. The fraction of sp³-hybridized carbons (Fsp3) is 0.211. The fourth-order valence-electron chi connectivity index (χ4n) is 2.61. The van der Waals surface area contributed by atoms with E-state index in [1.807, 2.05) is 66.7 Å². The second kappa shape index (κ2) is 6.77. The molecule has 3 rings (SSSR count). The molecule has 4 N–H and O–H groups in total. The van der Waals surface area contributed by atoms with Gasteiger partial charge in [0.25, 0.3) is 0 Å². The Balaban J connectivity index is 1.68. The Morgan fingerprint density at radius 1 is 1.04 bits per heavy atom. The lowest BCUT2D eigenvalue weighted by Gasteiger charge is -2.31. The van der Waals surface area contributed by atoms with Gasteiger partial charge in [-0.1, -0.05) is 48.5 Å². The van der Waals surface area contributed by atoms with E-state index in [1.165, 1.54) is 0 Å². The number of hydrogen-bond donors (Lipinski definition) is 2. The number of nitrogens with two attached hydrogens (primary N) is 2. The standard InChI is InChI=1S/C19H21N3O/c20-18-19(21,10-5-11-22-18)13-16-8-4-9-17(12-16)23-14-15-6-2-1-3-7-15/h1-12,18H,13-14,20-21H2. The van der Waals surface area contributed by atoms with Crippen LogP contribution >= 0.6 is 0 Å². The molecule has 0 spiro atoms. The van der Waals surface area contributed by atoms with Crippen LogP contribution in [0.1, 0.15) is 11.1 Å². The third kappa shape index (κ3) is 3.86. The van der Waals surface area contributed by atoms with Crippen LogP contribution in [0.3, 0.4) is 0 Å². The summed E-state index contributed by atoms with van der Waals surface area (Å²) in [6.45, 7) is 0.543. The van der Waals surface area contributed by atoms with E-state index in [0.717, 1.165) is 16.9 Å². The van der Waals surface area contributed by atoms with Crippen molar-refractivity contribution in [2.45, 2.75) is 24.7 Å². The van der Waals surface area contributed by atoms with Crippen molar-refractivity contribution in [1.82, 2.24) is 0 Å². The van der Waals surface area contributed by atoms with Crippen molar-refractivity contribution < 1.29 is 4.74 Å². The molecule has 0 amide bonds. The maximum absolute atomic E-state index is 6.38. The van der Waals surface area contributed by atoms with Crippen LogP contribution in [0.25, 0.3) is 0 Å². The largest absolute Gasteiger partial charge is 0.489 e. The van der Waals surface area contributed by atoms with Gasteiger partial charge in [-0.2, -0.15) is 0 Å². The van der Waals surface area contributed by atoms with Crippen molar-refractivity contribution >= 4 is 6.21 Å². The molecule has 0 aromatic heterocycles. The first-order valence-corrected chi connectivity index (χ1v) is 7.67. The molecule has 0 bridgehead atoms. The van der Waals surface area contributed by atoms with E-state index in [1.54, 1.807) is 6.21 Å². The average molecular weight is 307 g/mol. The highest BCUT2D eigenvalue weighted by Gasteiger charge is 2.31. The molecular weight excluding hydrogens is 286 g/mol. The molecule has 2 aromatic carbocycles. The lowest BCUT2D eigenvalue weighted by molar-refractivity contribution is 0.305. The van der Waals surface area contributed by atoms with Crippen LogP contribution in [0.2, 0.25) is 0 Å². The van der Waals surface area contributed by atoms with Crippen molar-refractivity contribution in [3.63, 3.8) is 0 Å². The highest BCUT2D eigenvalue weighted by atomic mass is 16.5. The van der Waals surface area contributed by atoms with Gasteiger partial charge in [-0.25, -0.2) is 0 Å². The number of ether oxygens (including phenoxy) is 1. The van der Waals surface area contributed by atoms with Gasteiger partial charge in [0.1, 0.15) is 18.5 Å². The normalized spacial score (nSPS) is 23.0. The van der Waals surface area contributed by atoms with E-state index in [4.69, 9.17) is 16.2 Å². The van der Waals surface area contributed by atoms with E-state index in [0.29, 0.717) is 13.0 Å². The molecule has 1 aliphatic heterocycles. The highest BCUT2D eigenvalue weighted by molar-refractivity contribution is 5.73. The van der Waals surface area contributed by atoms with Crippen molar-refractivity contribution in [3.05, 3.63) is 77.9 Å². The van der Waals surface area contributed by atoms with Crippen molar-refractivity contribution in [2.75, 3.05) is 0 Å². The first kappa shape index (κ1) is 15.5. The van der Waals surface area contributed by atoms with E-state index in [-0.39, 0.29) is 0 Å². The van der Waals surface area contributed by atoms with Gasteiger partial charge in [0.15, 0.2) is 0 Å². The Labute approximate surface area is 136 Å². The van der Waals surface area contributed by atoms with Crippen LogP contribution in [0, 0.1) is 0 Å². The molecule has 2 unspecified atom stereocenters. The summed E-state index contributed by atoms with van der Waals surface area (Å²) in [4.78, 5) is 4.19. The number of nitrogens with zero attached hydrogens (tertiary/aromatic N) is 1. The molecule has 4 heteroatoms. The van der Waals surface area contributed by atoms with Crippen LogP contribution in [0.15, 0.2) is 71.7 Å². The summed E-state index contributed by atoms with van der Waals surface area (Å²) < 4.78 is 5.86. The molecular formula is C19H21N3O. The van der Waals surface area contributed by atoms with E-state index in [2.05, 4.69) is 4.99 Å². The molecule has 0 saturated carbocycles. The van der Waals surface area contributed by atoms with Gasteiger partial charge in [0.2, 0.25) is 0 Å². The molecule has 118 valence electrons. The number of benzene rings is 2. The molecule has 23 heavy (non-hydrogen) atoms. The SMILES string of the molecule is NC1N=CC=CC1(N)Cc1cccc(OCc2ccccc2)c1. The number of dihydropyridines is 1. The number of aliphatic imine (C=N–C) groups is 1. The van der Waals surface area contributed by atoms with Crippen LogP contribution in [-0.2, 0) is 13.0 Å². The average Bonchev–Trinajstić information content (AvgIpc) is 2.57. The third-order valence-electron chi connectivity index (χ3n) is 3.95. The zero-order valence-corrected chi connectivity index (χ0v) is 12.9. The summed E-state index contributed by atoms with van der Waals surface area (Å²) >= 11 is 0. The fourth-order valence-corrected chi connectivity index (χ4v) is 2.61. The Bertz CT molecular complexity index is 712. The van der Waals surface area contributed by atoms with E-state index >= 15 is 0 Å². The van der Waals surface area contributed by atoms with Gasteiger partial charge < -0.3 is 16.2 Å². The lowest BCUT2D eigenvalue weighted by atomic mass is 9.87. The van der Waals surface area contributed by atoms with Crippen molar-refractivity contribution in [1.29, 1.82) is 0 Å². The molecule has 1 heterocycles. The van der Waals surface area contributed by atoms with Gasteiger partial charge in [-0.3, -0.25) is 4.99 Å². The molecule has 2 atom stereocenters. The second-order valence-corrected chi connectivity index (χ2v) is 5.81. The van der Waals surface area contributed by atoms with Crippen LogP contribution in [0.5, 0.6) is 5.75 Å². The molecule has 0 saturated heterocycles. The Morgan fingerprint density at radius 3 is 2.61 bits per heavy atom. The molecule has 0 fully saturated rings. The van der Waals surface area contributed by atoms with Crippen molar-refractivity contribution in [3.8, 4) is 5.75 Å². The molecule has 0 aliphatic carbocycles. The summed E-state index contributed by atoms with van der Waals surface area (Å²) in [6, 6.07) is 18.1. The van der Waals surface area contributed by atoms with Crippen molar-refractivity contribution in [2.24, 2.45) is 16.5 Å². The summed E-state index contributed by atoms with van der Waals surface area (Å²) in [6.07, 6.45) is 5.64. The van der Waals surface area contributed by atoms with Crippen LogP contribution in [-0.4, -0.2) is 17.9 Å². The zero-order chi connectivity index (χ0) is 16.1. The van der Waals surface area contributed by atoms with Gasteiger partial charge in [-0.15, -0.1) is 0 Å². The predicted molar refractivity (Wildman–Crippen MR) is 93.4 cm³/mol. The Kier molecular flexibility index (Phi) is 4.55. The lowest BCUT2D eigenvalue weighted by Crippen LogP contribution is -2.55. The second-order valence-electron chi connectivity index (χ2n) is 5.81. The molecule has 4 nitrogen and oxygen atoms in total. The van der Waals surface area contributed by atoms with Gasteiger partial charge >= 0.3 is 0 Å². The first-order valence-electron chi connectivity index (χ1n) is 7.67. The van der Waals surface area contributed by atoms with Crippen LogP contribution < -0.4 is 16.2 Å². The van der Waals surface area contributed by atoms with Gasteiger partial charge in [-0.05, 0) is 35.8 Å². The molecule has 0 radical (unpaired) electrons. The number of rotatable bonds is 5. The molecule has 1 aliphatic rings. The number of hydrogen-bond acceptors (Lipinski definition) is 4. The first-order chi connectivity index (χ1) is 11.2. The summed E-state index contributed by atoms with van der Waals surface area (Å²) in [5.74, 6) is 0.826. The summed E-state index contributed by atoms with van der Waals surface area (Å²) in [5.41, 5.74) is 14.0. The Hall–Kier alpha value is -2.43. The quantitative estimate of drug-likeness (QED) is 0.891. The maximum Gasteiger partial charge on any atom is 0.120 e. The maximum atomic E-state index is 6.38. The van der Waals surface area contributed by atoms with Crippen LogP contribution in [0.4, 0.5) is 0 Å². The number of allylic oxidation sites excluding steroid dienone is 1. The minimum Gasteiger partial charge on any atom is -0.489 e. The van der Waals surface area contributed by atoms with Gasteiger partial charge in [0, 0.05) is 6.21 Å². The van der Waals surface area contributed by atoms with E-state index in [9.17, 15) is 0 Å². The minimum atomic E-state index is -0.660. The topological polar surface area (TPSA) is 73.6 Å².